The van der Waals surface area contributed by atoms with Crippen LogP contribution in [0.3, 0.4) is 0 Å². The molecule has 0 saturated carbocycles. The van der Waals surface area contributed by atoms with E-state index in [4.69, 9.17) is 17.0 Å². The van der Waals surface area contributed by atoms with E-state index in [0.29, 0.717) is 5.11 Å². The van der Waals surface area contributed by atoms with E-state index >= 15 is 0 Å². The van der Waals surface area contributed by atoms with Crippen LogP contribution in [0, 0.1) is 20.8 Å². The topological polar surface area (TPSA) is 37.7 Å². The van der Waals surface area contributed by atoms with Crippen LogP contribution in [0.15, 0.2) is 42.5 Å². The van der Waals surface area contributed by atoms with Gasteiger partial charge in [-0.15, -0.1) is 0 Å². The smallest absolute Gasteiger partial charge is 0.171 e. The number of anilines is 1. The number of aryl methyl sites for hydroxylation is 3. The second kappa shape index (κ2) is 9.31. The van der Waals surface area contributed by atoms with Gasteiger partial charge in [0.05, 0.1) is 13.2 Å². The first-order valence-electron chi connectivity index (χ1n) is 9.63. The number of hydrogen-bond acceptors (Lipinski definition) is 2. The van der Waals surface area contributed by atoms with E-state index in [1.165, 1.54) is 22.3 Å². The van der Waals surface area contributed by atoms with Crippen molar-refractivity contribution in [3.63, 3.8) is 0 Å². The summed E-state index contributed by atoms with van der Waals surface area (Å²) in [4.78, 5) is 1.55. The fraction of sp³-hybridized carbons (Fsp3) is 0.409. The summed E-state index contributed by atoms with van der Waals surface area (Å²) in [5.74, 6) is 0. The Hall–Kier alpha value is -1.95. The summed E-state index contributed by atoms with van der Waals surface area (Å²) in [6, 6.07) is 15.3. The van der Waals surface area contributed by atoms with Crippen LogP contribution in [0.5, 0.6) is 0 Å². The lowest BCUT2D eigenvalue weighted by Gasteiger charge is -2.29. The molecule has 3 N–H and O–H groups in total. The van der Waals surface area contributed by atoms with Gasteiger partial charge in [-0.2, -0.15) is 0 Å². The highest BCUT2D eigenvalue weighted by Gasteiger charge is 2.22. The van der Waals surface area contributed by atoms with Gasteiger partial charge in [-0.3, -0.25) is 0 Å². The van der Waals surface area contributed by atoms with Crippen molar-refractivity contribution in [2.45, 2.75) is 26.8 Å². The number of quaternary nitrogens is 1. The lowest BCUT2D eigenvalue weighted by molar-refractivity contribution is -0.909. The summed E-state index contributed by atoms with van der Waals surface area (Å²) in [5.41, 5.74) is 6.03. The molecule has 0 amide bonds. The Labute approximate surface area is 167 Å². The Morgan fingerprint density at radius 2 is 1.63 bits per heavy atom. The zero-order valence-electron chi connectivity index (χ0n) is 16.5. The second-order valence-electron chi connectivity index (χ2n) is 7.50. The quantitative estimate of drug-likeness (QED) is 0.693. The first kappa shape index (κ1) is 19.8. The van der Waals surface area contributed by atoms with Crippen LogP contribution >= 0.6 is 12.2 Å². The molecule has 1 aliphatic rings. The molecular weight excluding hydrogens is 354 g/mol. The molecule has 0 bridgehead atoms. The minimum Gasteiger partial charge on any atom is -0.370 e. The van der Waals surface area contributed by atoms with Crippen LogP contribution in [0.25, 0.3) is 0 Å². The minimum absolute atomic E-state index is 0.171. The molecule has 1 aliphatic heterocycles. The highest BCUT2D eigenvalue weighted by Crippen LogP contribution is 2.16. The van der Waals surface area contributed by atoms with Gasteiger partial charge in [0.1, 0.15) is 25.7 Å². The van der Waals surface area contributed by atoms with E-state index in [9.17, 15) is 0 Å². The lowest BCUT2D eigenvalue weighted by atomic mass is 10.0. The van der Waals surface area contributed by atoms with Gasteiger partial charge in [0, 0.05) is 5.69 Å². The zero-order valence-corrected chi connectivity index (χ0v) is 17.3. The van der Waals surface area contributed by atoms with Crippen LogP contribution < -0.4 is 15.5 Å². The fourth-order valence-corrected chi connectivity index (χ4v) is 3.84. The first-order valence-corrected chi connectivity index (χ1v) is 10.0. The van der Waals surface area contributed by atoms with Gasteiger partial charge in [-0.05, 0) is 61.8 Å². The monoisotopic (exact) mass is 384 g/mol. The van der Waals surface area contributed by atoms with Gasteiger partial charge < -0.3 is 20.3 Å². The predicted molar refractivity (Wildman–Crippen MR) is 116 cm³/mol. The number of nitrogens with one attached hydrogen (secondary N) is 3. The molecule has 27 heavy (non-hydrogen) atoms. The Morgan fingerprint density at radius 1 is 1.00 bits per heavy atom. The molecule has 1 atom stereocenters. The highest BCUT2D eigenvalue weighted by atomic mass is 32.1. The van der Waals surface area contributed by atoms with Gasteiger partial charge in [-0.25, -0.2) is 0 Å². The number of thiocarbonyl (C=S) groups is 1. The van der Waals surface area contributed by atoms with Crippen LogP contribution in [0.4, 0.5) is 5.69 Å². The van der Waals surface area contributed by atoms with Gasteiger partial charge in [0.2, 0.25) is 0 Å². The van der Waals surface area contributed by atoms with E-state index in [2.05, 4.69) is 73.9 Å². The summed E-state index contributed by atoms with van der Waals surface area (Å²) >= 11 is 5.64. The number of morpholine rings is 1. The van der Waals surface area contributed by atoms with Crippen molar-refractivity contribution in [3.8, 4) is 0 Å². The Kier molecular flexibility index (Phi) is 6.83. The molecule has 1 heterocycles. The molecule has 0 radical (unpaired) electrons. The molecular formula is C22H30N3OS+. The molecule has 1 saturated heterocycles. The largest absolute Gasteiger partial charge is 0.370 e. The van der Waals surface area contributed by atoms with Crippen molar-refractivity contribution in [1.82, 2.24) is 5.32 Å². The molecule has 4 nitrogen and oxygen atoms in total. The van der Waals surface area contributed by atoms with Crippen molar-refractivity contribution >= 4 is 23.0 Å². The lowest BCUT2D eigenvalue weighted by Crippen LogP contribution is -3.14. The predicted octanol–water partition coefficient (Wildman–Crippen LogP) is 2.55. The van der Waals surface area contributed by atoms with E-state index in [0.717, 1.165) is 38.5 Å². The average Bonchev–Trinajstić information content (AvgIpc) is 2.62. The Bertz CT molecular complexity index is 749. The molecule has 0 unspecified atom stereocenters. The van der Waals surface area contributed by atoms with E-state index in [-0.39, 0.29) is 6.04 Å². The van der Waals surface area contributed by atoms with Gasteiger partial charge in [-0.1, -0.05) is 35.9 Å². The van der Waals surface area contributed by atoms with E-state index in [1.807, 2.05) is 0 Å². The molecule has 0 aliphatic carbocycles. The summed E-state index contributed by atoms with van der Waals surface area (Å²) in [6.07, 6.45) is 0. The number of benzene rings is 2. The van der Waals surface area contributed by atoms with Crippen LogP contribution in [0.2, 0.25) is 0 Å². The van der Waals surface area contributed by atoms with Crippen molar-refractivity contribution < 1.29 is 9.64 Å². The Morgan fingerprint density at radius 3 is 2.26 bits per heavy atom. The first-order chi connectivity index (χ1) is 13.0. The normalized spacial score (nSPS) is 16.0. The summed E-state index contributed by atoms with van der Waals surface area (Å²) in [5, 5.41) is 7.57. The SMILES string of the molecule is Cc1ccc([C@H](C[NH+]2CCOCC2)NC(=S)Nc2cc(C)cc(C)c2)cc1. The highest BCUT2D eigenvalue weighted by molar-refractivity contribution is 7.80. The molecule has 2 aromatic carbocycles. The number of rotatable bonds is 5. The molecule has 2 aromatic rings. The maximum atomic E-state index is 5.64. The van der Waals surface area contributed by atoms with Gasteiger partial charge >= 0.3 is 0 Å². The van der Waals surface area contributed by atoms with Crippen LogP contribution in [0.1, 0.15) is 28.3 Å². The molecule has 5 heteroatoms. The van der Waals surface area contributed by atoms with Crippen LogP contribution in [-0.4, -0.2) is 38.0 Å². The van der Waals surface area contributed by atoms with Crippen molar-refractivity contribution in [2.24, 2.45) is 0 Å². The minimum atomic E-state index is 0.171. The number of ether oxygens (including phenoxy) is 1. The molecule has 144 valence electrons. The third-order valence-corrected chi connectivity index (χ3v) is 5.18. The second-order valence-corrected chi connectivity index (χ2v) is 7.91. The van der Waals surface area contributed by atoms with Crippen molar-refractivity contribution in [3.05, 3.63) is 64.7 Å². The molecule has 3 rings (SSSR count). The standard InChI is InChI=1S/C22H29N3OS/c1-16-4-6-19(7-5-16)21(15-25-8-10-26-11-9-25)24-22(27)23-20-13-17(2)12-18(3)14-20/h4-7,12-14,21H,8-11,15H2,1-3H3,(H2,23,24,27)/p+1/t21-/m0/s1. The number of hydrogen-bond donors (Lipinski definition) is 3. The van der Waals surface area contributed by atoms with Crippen LogP contribution in [-0.2, 0) is 4.74 Å². The molecule has 0 spiro atoms. The maximum Gasteiger partial charge on any atom is 0.171 e. The summed E-state index contributed by atoms with van der Waals surface area (Å²) < 4.78 is 5.51. The summed E-state index contributed by atoms with van der Waals surface area (Å²) in [7, 11) is 0. The Balaban J connectivity index is 1.71. The van der Waals surface area contributed by atoms with Gasteiger partial charge in [0.15, 0.2) is 5.11 Å². The van der Waals surface area contributed by atoms with Gasteiger partial charge in [0.25, 0.3) is 0 Å². The third kappa shape index (κ3) is 6.03. The van der Waals surface area contributed by atoms with Crippen molar-refractivity contribution in [1.29, 1.82) is 0 Å². The molecule has 0 aromatic heterocycles. The van der Waals surface area contributed by atoms with E-state index < -0.39 is 0 Å². The maximum absolute atomic E-state index is 5.64. The van der Waals surface area contributed by atoms with Crippen molar-refractivity contribution in [2.75, 3.05) is 38.2 Å². The zero-order chi connectivity index (χ0) is 19.2. The summed E-state index contributed by atoms with van der Waals surface area (Å²) in [6.45, 7) is 11.1. The fourth-order valence-electron chi connectivity index (χ4n) is 3.58. The molecule has 1 fully saturated rings. The average molecular weight is 385 g/mol. The third-order valence-electron chi connectivity index (χ3n) is 4.96. The van der Waals surface area contributed by atoms with E-state index in [1.54, 1.807) is 4.90 Å².